The maximum Gasteiger partial charge on any atom is 0.213 e. The number of aryl methyl sites for hydroxylation is 1. The van der Waals surface area contributed by atoms with Crippen molar-refractivity contribution in [3.63, 3.8) is 0 Å². The van der Waals surface area contributed by atoms with E-state index in [2.05, 4.69) is 65.0 Å². The Hall–Kier alpha value is -2.83. The third-order valence-electron chi connectivity index (χ3n) is 4.32. The van der Waals surface area contributed by atoms with Gasteiger partial charge in [-0.05, 0) is 18.6 Å². The van der Waals surface area contributed by atoms with Gasteiger partial charge in [0.2, 0.25) is 5.89 Å². The number of fused-ring (bicyclic) bond motifs is 1. The Morgan fingerprint density at radius 1 is 1.30 bits per heavy atom. The van der Waals surface area contributed by atoms with Crippen molar-refractivity contribution in [3.05, 3.63) is 53.6 Å². The molecule has 0 saturated heterocycles. The molecule has 27 heavy (non-hydrogen) atoms. The van der Waals surface area contributed by atoms with Gasteiger partial charge >= 0.3 is 0 Å². The number of hydrogen-bond donors (Lipinski definition) is 2. The molecule has 0 bridgehead atoms. The molecule has 0 aliphatic heterocycles. The molecule has 0 saturated carbocycles. The second-order valence-corrected chi connectivity index (χ2v) is 7.63. The first-order valence-corrected chi connectivity index (χ1v) is 9.19. The van der Waals surface area contributed by atoms with Gasteiger partial charge in [-0.2, -0.15) is 0 Å². The van der Waals surface area contributed by atoms with Crippen molar-refractivity contribution in [3.8, 4) is 0 Å². The summed E-state index contributed by atoms with van der Waals surface area (Å²) in [7, 11) is 1.75. The second kappa shape index (κ2) is 7.82. The Labute approximate surface area is 159 Å². The summed E-state index contributed by atoms with van der Waals surface area (Å²) in [5.74, 6) is 2.24. The Kier molecular flexibility index (Phi) is 5.48. The zero-order valence-electron chi connectivity index (χ0n) is 16.7. The van der Waals surface area contributed by atoms with E-state index in [-0.39, 0.29) is 5.41 Å². The highest BCUT2D eigenvalue weighted by molar-refractivity contribution is 5.79. The molecule has 3 rings (SSSR count). The van der Waals surface area contributed by atoms with Crippen LogP contribution in [0.25, 0.3) is 5.65 Å². The molecule has 0 amide bonds. The van der Waals surface area contributed by atoms with Gasteiger partial charge in [0, 0.05) is 37.8 Å². The summed E-state index contributed by atoms with van der Waals surface area (Å²) in [4.78, 5) is 13.3. The molecule has 3 heterocycles. The van der Waals surface area contributed by atoms with Crippen LogP contribution in [0, 0.1) is 6.92 Å². The van der Waals surface area contributed by atoms with Crippen molar-refractivity contribution < 1.29 is 4.42 Å². The third-order valence-corrected chi connectivity index (χ3v) is 4.32. The smallest absolute Gasteiger partial charge is 0.213 e. The summed E-state index contributed by atoms with van der Waals surface area (Å²) in [5.41, 5.74) is 3.19. The van der Waals surface area contributed by atoms with Crippen molar-refractivity contribution in [1.82, 2.24) is 25.0 Å². The summed E-state index contributed by atoms with van der Waals surface area (Å²) in [6.07, 6.45) is 6.70. The van der Waals surface area contributed by atoms with E-state index in [1.54, 1.807) is 13.2 Å². The van der Waals surface area contributed by atoms with E-state index in [0.29, 0.717) is 18.4 Å². The predicted octanol–water partition coefficient (Wildman–Crippen LogP) is 2.84. The van der Waals surface area contributed by atoms with Gasteiger partial charge < -0.3 is 19.5 Å². The molecule has 0 unspecified atom stereocenters. The average molecular weight is 368 g/mol. The van der Waals surface area contributed by atoms with Crippen LogP contribution in [-0.4, -0.2) is 33.9 Å². The van der Waals surface area contributed by atoms with E-state index in [0.717, 1.165) is 30.1 Å². The van der Waals surface area contributed by atoms with Crippen molar-refractivity contribution in [2.45, 2.75) is 46.1 Å². The number of nitrogens with zero attached hydrogens (tertiary/aromatic N) is 4. The van der Waals surface area contributed by atoms with Crippen molar-refractivity contribution >= 4 is 11.6 Å². The molecule has 0 spiro atoms. The molecule has 2 N–H and O–H groups in total. The Morgan fingerprint density at radius 3 is 2.78 bits per heavy atom. The number of guanidine groups is 1. The predicted molar refractivity (Wildman–Crippen MR) is 107 cm³/mol. The molecule has 144 valence electrons. The van der Waals surface area contributed by atoms with Gasteiger partial charge in [-0.3, -0.25) is 4.99 Å². The van der Waals surface area contributed by atoms with Crippen molar-refractivity contribution in [2.75, 3.05) is 13.6 Å². The highest BCUT2D eigenvalue weighted by Crippen LogP contribution is 2.22. The van der Waals surface area contributed by atoms with Gasteiger partial charge in [0.05, 0.1) is 18.4 Å². The summed E-state index contributed by atoms with van der Waals surface area (Å²) < 4.78 is 7.86. The molecule has 7 nitrogen and oxygen atoms in total. The Balaban J connectivity index is 1.50. The van der Waals surface area contributed by atoms with Crippen LogP contribution in [0.3, 0.4) is 0 Å². The number of aliphatic imine (C=N–C) groups is 1. The maximum atomic E-state index is 5.79. The minimum atomic E-state index is -0.0440. The number of rotatable bonds is 5. The van der Waals surface area contributed by atoms with Crippen LogP contribution < -0.4 is 10.6 Å². The number of imidazole rings is 1. The number of pyridine rings is 1. The summed E-state index contributed by atoms with van der Waals surface area (Å²) in [6, 6.07) is 4.11. The van der Waals surface area contributed by atoms with E-state index in [1.807, 2.05) is 12.3 Å². The van der Waals surface area contributed by atoms with Gasteiger partial charge in [0.15, 0.2) is 5.96 Å². The lowest BCUT2D eigenvalue weighted by molar-refractivity contribution is 0.379. The first-order valence-electron chi connectivity index (χ1n) is 9.19. The molecule has 0 atom stereocenters. The topological polar surface area (TPSA) is 79.8 Å². The summed E-state index contributed by atoms with van der Waals surface area (Å²) >= 11 is 0. The second-order valence-electron chi connectivity index (χ2n) is 7.63. The first kappa shape index (κ1) is 18.9. The fourth-order valence-corrected chi connectivity index (χ4v) is 2.75. The normalized spacial score (nSPS) is 12.6. The molecule has 0 aromatic carbocycles. The maximum absolute atomic E-state index is 5.79. The van der Waals surface area contributed by atoms with Crippen LogP contribution in [0.15, 0.2) is 40.1 Å². The number of hydrogen-bond acceptors (Lipinski definition) is 4. The van der Waals surface area contributed by atoms with Crippen LogP contribution in [0.2, 0.25) is 0 Å². The quantitative estimate of drug-likeness (QED) is 0.535. The van der Waals surface area contributed by atoms with Gasteiger partial charge in [0.25, 0.3) is 0 Å². The van der Waals surface area contributed by atoms with Crippen molar-refractivity contribution in [2.24, 2.45) is 4.99 Å². The Morgan fingerprint density at radius 2 is 2.11 bits per heavy atom. The molecular weight excluding hydrogens is 340 g/mol. The highest BCUT2D eigenvalue weighted by atomic mass is 16.4. The van der Waals surface area contributed by atoms with E-state index in [1.165, 1.54) is 5.56 Å². The minimum Gasteiger partial charge on any atom is -0.443 e. The van der Waals surface area contributed by atoms with Gasteiger partial charge in [0.1, 0.15) is 11.4 Å². The number of oxazole rings is 1. The van der Waals surface area contributed by atoms with Crippen LogP contribution in [0.4, 0.5) is 0 Å². The zero-order chi connectivity index (χ0) is 19.4. The molecule has 3 aromatic heterocycles. The lowest BCUT2D eigenvalue weighted by Crippen LogP contribution is -2.37. The van der Waals surface area contributed by atoms with Crippen LogP contribution >= 0.6 is 0 Å². The molecule has 0 radical (unpaired) electrons. The minimum absolute atomic E-state index is 0.0440. The first-order chi connectivity index (χ1) is 12.9. The highest BCUT2D eigenvalue weighted by Gasteiger charge is 2.19. The van der Waals surface area contributed by atoms with Gasteiger partial charge in [-0.15, -0.1) is 0 Å². The third kappa shape index (κ3) is 4.67. The largest absolute Gasteiger partial charge is 0.443 e. The van der Waals surface area contributed by atoms with Gasteiger partial charge in [-0.1, -0.05) is 26.8 Å². The molecular formula is C20H28N6O. The lowest BCUT2D eigenvalue weighted by Gasteiger charge is -2.13. The van der Waals surface area contributed by atoms with Crippen molar-refractivity contribution in [1.29, 1.82) is 0 Å². The number of aromatic nitrogens is 3. The molecule has 0 aliphatic rings. The summed E-state index contributed by atoms with van der Waals surface area (Å²) in [6.45, 7) is 9.61. The Bertz CT molecular complexity index is 931. The van der Waals surface area contributed by atoms with Crippen LogP contribution in [-0.2, 0) is 18.4 Å². The van der Waals surface area contributed by atoms with E-state index in [4.69, 9.17) is 9.40 Å². The molecule has 7 heteroatoms. The lowest BCUT2D eigenvalue weighted by atomic mass is 9.94. The number of nitrogens with one attached hydrogen (secondary N) is 2. The fraction of sp³-hybridized carbons (Fsp3) is 0.450. The monoisotopic (exact) mass is 368 g/mol. The zero-order valence-corrected chi connectivity index (χ0v) is 16.7. The van der Waals surface area contributed by atoms with Crippen LogP contribution in [0.5, 0.6) is 0 Å². The van der Waals surface area contributed by atoms with Crippen LogP contribution in [0.1, 0.15) is 43.7 Å². The molecule has 3 aromatic rings. The van der Waals surface area contributed by atoms with Gasteiger partial charge in [-0.25, -0.2) is 9.97 Å². The summed E-state index contributed by atoms with van der Waals surface area (Å²) in [5, 5.41) is 6.53. The average Bonchev–Trinajstić information content (AvgIpc) is 3.25. The van der Waals surface area contributed by atoms with E-state index >= 15 is 0 Å². The molecule has 0 aliphatic carbocycles. The van der Waals surface area contributed by atoms with E-state index in [9.17, 15) is 0 Å². The molecule has 0 fully saturated rings. The standard InChI is InChI=1S/C20H28N6O/c1-14-7-6-10-26-13-15(25-18(14)26)8-9-22-19(21-5)24-12-17-23-11-16(27-17)20(2,3)4/h6-7,10-11,13H,8-9,12H2,1-5H3,(H2,21,22,24). The SMILES string of the molecule is CN=C(NCCc1cn2cccc(C)c2n1)NCc1ncc(C(C)(C)C)o1. The fourth-order valence-electron chi connectivity index (χ4n) is 2.75. The van der Waals surface area contributed by atoms with E-state index < -0.39 is 0 Å².